The number of hydrogen-bond acceptors (Lipinski definition) is 5. The molecule has 100 valence electrons. The van der Waals surface area contributed by atoms with Crippen LogP contribution in [0.25, 0.3) is 0 Å². The predicted molar refractivity (Wildman–Crippen MR) is 74.6 cm³/mol. The fraction of sp³-hybridized carbons (Fsp3) is 0.417. The van der Waals surface area contributed by atoms with E-state index in [1.165, 1.54) is 6.92 Å². The van der Waals surface area contributed by atoms with Crippen LogP contribution in [-0.2, 0) is 4.79 Å². The molecule has 0 aliphatic heterocycles. The standard InChI is InChI=1S/C12H16ClNO3S/c1-7(15)18-6-5-10(16)12(17)11-8(13)3-2-4-9(11)14/h2-4,10,12,16-17H,5-6,14H2,1H3. The highest BCUT2D eigenvalue weighted by Gasteiger charge is 2.22. The molecular formula is C12H16ClNO3S. The van der Waals surface area contributed by atoms with E-state index in [1.807, 2.05) is 0 Å². The number of rotatable bonds is 5. The molecule has 0 fully saturated rings. The maximum Gasteiger partial charge on any atom is 0.185 e. The largest absolute Gasteiger partial charge is 0.398 e. The zero-order valence-electron chi connectivity index (χ0n) is 9.97. The number of aliphatic hydroxyl groups is 2. The van der Waals surface area contributed by atoms with Crippen LogP contribution in [0.5, 0.6) is 0 Å². The average Bonchev–Trinajstić information content (AvgIpc) is 2.27. The third kappa shape index (κ3) is 4.17. The van der Waals surface area contributed by atoms with Gasteiger partial charge in [0.1, 0.15) is 6.10 Å². The first-order valence-electron chi connectivity index (χ1n) is 5.47. The summed E-state index contributed by atoms with van der Waals surface area (Å²) in [4.78, 5) is 10.8. The Hall–Kier alpha value is -0.750. The molecule has 1 aromatic carbocycles. The molecule has 0 aliphatic carbocycles. The summed E-state index contributed by atoms with van der Waals surface area (Å²) >= 11 is 7.05. The lowest BCUT2D eigenvalue weighted by molar-refractivity contribution is -0.109. The van der Waals surface area contributed by atoms with E-state index >= 15 is 0 Å². The number of aliphatic hydroxyl groups excluding tert-OH is 2. The Balaban J connectivity index is 2.68. The molecule has 0 saturated heterocycles. The van der Waals surface area contributed by atoms with Crippen LogP contribution >= 0.6 is 23.4 Å². The normalized spacial score (nSPS) is 14.2. The highest BCUT2D eigenvalue weighted by molar-refractivity contribution is 8.13. The average molecular weight is 290 g/mol. The van der Waals surface area contributed by atoms with Gasteiger partial charge in [-0.25, -0.2) is 0 Å². The van der Waals surface area contributed by atoms with Gasteiger partial charge >= 0.3 is 0 Å². The molecule has 18 heavy (non-hydrogen) atoms. The van der Waals surface area contributed by atoms with Gasteiger partial charge in [-0.05, 0) is 18.6 Å². The van der Waals surface area contributed by atoms with E-state index in [1.54, 1.807) is 18.2 Å². The third-order valence-electron chi connectivity index (χ3n) is 2.47. The number of carbonyl (C=O) groups is 1. The van der Waals surface area contributed by atoms with Crippen LogP contribution in [0.15, 0.2) is 18.2 Å². The summed E-state index contributed by atoms with van der Waals surface area (Å²) in [5, 5.41) is 20.2. The van der Waals surface area contributed by atoms with Gasteiger partial charge in [0.05, 0.1) is 6.10 Å². The van der Waals surface area contributed by atoms with Crippen molar-refractivity contribution in [2.24, 2.45) is 0 Å². The van der Waals surface area contributed by atoms with Crippen LogP contribution in [0.3, 0.4) is 0 Å². The van der Waals surface area contributed by atoms with Crippen molar-refractivity contribution in [3.8, 4) is 0 Å². The Morgan fingerprint density at radius 1 is 1.50 bits per heavy atom. The number of hydrogen-bond donors (Lipinski definition) is 3. The molecule has 6 heteroatoms. The van der Waals surface area contributed by atoms with Crippen LogP contribution in [-0.4, -0.2) is 27.2 Å². The van der Waals surface area contributed by atoms with Gasteiger partial charge in [-0.15, -0.1) is 0 Å². The number of anilines is 1. The Kier molecular flexibility index (Phi) is 5.95. The Labute approximate surface area is 115 Å². The van der Waals surface area contributed by atoms with E-state index < -0.39 is 12.2 Å². The first-order valence-corrected chi connectivity index (χ1v) is 6.83. The molecule has 0 bridgehead atoms. The Morgan fingerprint density at radius 3 is 2.72 bits per heavy atom. The highest BCUT2D eigenvalue weighted by atomic mass is 35.5. The minimum atomic E-state index is -1.15. The SMILES string of the molecule is CC(=O)SCCC(O)C(O)c1c(N)cccc1Cl. The summed E-state index contributed by atoms with van der Waals surface area (Å²) in [7, 11) is 0. The molecule has 0 spiro atoms. The van der Waals surface area contributed by atoms with E-state index in [-0.39, 0.29) is 11.5 Å². The van der Waals surface area contributed by atoms with E-state index in [4.69, 9.17) is 17.3 Å². The lowest BCUT2D eigenvalue weighted by Crippen LogP contribution is -2.20. The molecule has 1 rings (SSSR count). The van der Waals surface area contributed by atoms with Crippen LogP contribution in [0.2, 0.25) is 5.02 Å². The van der Waals surface area contributed by atoms with Gasteiger partial charge < -0.3 is 15.9 Å². The van der Waals surface area contributed by atoms with Crippen LogP contribution in [0, 0.1) is 0 Å². The number of thioether (sulfide) groups is 1. The summed E-state index contributed by atoms with van der Waals surface area (Å²) < 4.78 is 0. The lowest BCUT2D eigenvalue weighted by atomic mass is 10.0. The van der Waals surface area contributed by atoms with Crippen molar-refractivity contribution in [1.29, 1.82) is 0 Å². The number of benzene rings is 1. The molecule has 0 amide bonds. The monoisotopic (exact) mass is 289 g/mol. The van der Waals surface area contributed by atoms with Gasteiger partial charge in [0.15, 0.2) is 5.12 Å². The molecule has 0 radical (unpaired) electrons. The van der Waals surface area contributed by atoms with Crippen molar-refractivity contribution in [2.75, 3.05) is 11.5 Å². The van der Waals surface area contributed by atoms with Gasteiger partial charge in [0.25, 0.3) is 0 Å². The number of halogens is 1. The van der Waals surface area contributed by atoms with Crippen molar-refractivity contribution in [1.82, 2.24) is 0 Å². The fourth-order valence-corrected chi connectivity index (χ4v) is 2.48. The Bertz CT molecular complexity index is 408. The molecule has 2 atom stereocenters. The predicted octanol–water partition coefficient (Wildman–Crippen LogP) is 1.99. The minimum Gasteiger partial charge on any atom is -0.398 e. The molecule has 0 aromatic heterocycles. The number of nitrogens with two attached hydrogens (primary N) is 1. The zero-order chi connectivity index (χ0) is 13.7. The lowest BCUT2D eigenvalue weighted by Gasteiger charge is -2.20. The number of carbonyl (C=O) groups excluding carboxylic acids is 1. The second-order valence-electron chi connectivity index (χ2n) is 3.88. The van der Waals surface area contributed by atoms with E-state index in [0.29, 0.717) is 22.0 Å². The van der Waals surface area contributed by atoms with Crippen LogP contribution in [0.1, 0.15) is 25.0 Å². The van der Waals surface area contributed by atoms with E-state index in [9.17, 15) is 15.0 Å². The molecule has 0 aliphatic rings. The van der Waals surface area contributed by atoms with Crippen molar-refractivity contribution >= 4 is 34.2 Å². The second kappa shape index (κ2) is 6.99. The quantitative estimate of drug-likeness (QED) is 0.722. The van der Waals surface area contributed by atoms with Gasteiger partial charge in [-0.2, -0.15) is 0 Å². The molecule has 2 unspecified atom stereocenters. The first-order chi connectivity index (χ1) is 8.43. The van der Waals surface area contributed by atoms with Gasteiger partial charge in [0.2, 0.25) is 0 Å². The summed E-state index contributed by atoms with van der Waals surface area (Å²) in [6, 6.07) is 4.89. The van der Waals surface area contributed by atoms with Crippen molar-refractivity contribution in [3.05, 3.63) is 28.8 Å². The smallest absolute Gasteiger partial charge is 0.185 e. The molecule has 4 N–H and O–H groups in total. The molecule has 4 nitrogen and oxygen atoms in total. The summed E-state index contributed by atoms with van der Waals surface area (Å²) in [5.41, 5.74) is 6.40. The fourth-order valence-electron chi connectivity index (χ4n) is 1.54. The molecule has 0 heterocycles. The van der Waals surface area contributed by atoms with E-state index in [0.717, 1.165) is 11.8 Å². The van der Waals surface area contributed by atoms with Crippen molar-refractivity contribution in [2.45, 2.75) is 25.6 Å². The maximum atomic E-state index is 10.8. The van der Waals surface area contributed by atoms with Crippen molar-refractivity contribution in [3.63, 3.8) is 0 Å². The molecular weight excluding hydrogens is 274 g/mol. The van der Waals surface area contributed by atoms with Crippen LogP contribution in [0.4, 0.5) is 5.69 Å². The Morgan fingerprint density at radius 2 is 2.17 bits per heavy atom. The maximum absolute atomic E-state index is 10.8. The summed E-state index contributed by atoms with van der Waals surface area (Å²) in [5.74, 6) is 0.442. The third-order valence-corrected chi connectivity index (χ3v) is 3.64. The van der Waals surface area contributed by atoms with Crippen molar-refractivity contribution < 1.29 is 15.0 Å². The second-order valence-corrected chi connectivity index (χ2v) is 5.56. The topological polar surface area (TPSA) is 83.5 Å². The summed E-state index contributed by atoms with van der Waals surface area (Å²) in [6.45, 7) is 1.46. The van der Waals surface area contributed by atoms with Gasteiger partial charge in [-0.3, -0.25) is 4.79 Å². The molecule has 0 saturated carbocycles. The zero-order valence-corrected chi connectivity index (χ0v) is 11.5. The van der Waals surface area contributed by atoms with E-state index in [2.05, 4.69) is 0 Å². The highest BCUT2D eigenvalue weighted by Crippen LogP contribution is 2.31. The first kappa shape index (κ1) is 15.3. The molecule has 1 aromatic rings. The van der Waals surface area contributed by atoms with Gasteiger partial charge in [-0.1, -0.05) is 29.4 Å². The van der Waals surface area contributed by atoms with Crippen LogP contribution < -0.4 is 5.73 Å². The number of nitrogen functional groups attached to an aromatic ring is 1. The minimum absolute atomic E-state index is 0.0195. The van der Waals surface area contributed by atoms with Gasteiger partial charge in [0, 0.05) is 29.0 Å². The summed E-state index contributed by atoms with van der Waals surface area (Å²) in [6.07, 6.45) is -1.86.